The molecule has 0 spiro atoms. The minimum atomic E-state index is -0.906. The number of piperazine rings is 1. The molecule has 1 atom stereocenters. The van der Waals surface area contributed by atoms with E-state index in [1.807, 2.05) is 13.8 Å². The van der Waals surface area contributed by atoms with Gasteiger partial charge in [0.15, 0.2) is 0 Å². The molecular weight excluding hydrogens is 428 g/mol. The molecule has 1 heterocycles. The van der Waals surface area contributed by atoms with Gasteiger partial charge in [-0.15, -0.1) is 0 Å². The number of rotatable bonds is 12. The van der Waals surface area contributed by atoms with Crippen molar-refractivity contribution in [3.63, 3.8) is 0 Å². The zero-order chi connectivity index (χ0) is 24.2. The predicted molar refractivity (Wildman–Crippen MR) is 123 cm³/mol. The number of hydrogen-bond acceptors (Lipinski definition) is 7. The first-order valence-corrected chi connectivity index (χ1v) is 11.2. The van der Waals surface area contributed by atoms with Crippen molar-refractivity contribution in [1.29, 1.82) is 0 Å². The quantitative estimate of drug-likeness (QED) is 0.310. The van der Waals surface area contributed by atoms with Crippen molar-refractivity contribution in [2.75, 3.05) is 51.8 Å². The second kappa shape index (κ2) is 13.4. The summed E-state index contributed by atoms with van der Waals surface area (Å²) in [5.41, 5.74) is 1.07. The first-order valence-electron chi connectivity index (χ1n) is 11.2. The number of benzene rings is 1. The lowest BCUT2D eigenvalue weighted by Gasteiger charge is -2.34. The van der Waals surface area contributed by atoms with E-state index in [4.69, 9.17) is 9.47 Å². The van der Waals surface area contributed by atoms with Gasteiger partial charge in [-0.1, -0.05) is 19.9 Å². The smallest absolute Gasteiger partial charge is 0.308 e. The summed E-state index contributed by atoms with van der Waals surface area (Å²) in [6, 6.07) is 5.91. The van der Waals surface area contributed by atoms with Crippen molar-refractivity contribution >= 4 is 29.4 Å². The van der Waals surface area contributed by atoms with E-state index in [-0.39, 0.29) is 43.2 Å². The van der Waals surface area contributed by atoms with Crippen LogP contribution in [0.5, 0.6) is 0 Å². The summed E-state index contributed by atoms with van der Waals surface area (Å²) in [5, 5.41) is 8.51. The maximum atomic E-state index is 12.8. The number of ether oxygens (including phenoxy) is 2. The van der Waals surface area contributed by atoms with Crippen LogP contribution in [0.3, 0.4) is 0 Å². The highest BCUT2D eigenvalue weighted by molar-refractivity contribution is 5.95. The highest BCUT2D eigenvalue weighted by Crippen LogP contribution is 2.14. The normalized spacial score (nSPS) is 15.7. The summed E-state index contributed by atoms with van der Waals surface area (Å²) >= 11 is 0. The zero-order valence-corrected chi connectivity index (χ0v) is 19.5. The molecule has 1 saturated heterocycles. The maximum Gasteiger partial charge on any atom is 0.308 e. The van der Waals surface area contributed by atoms with Crippen LogP contribution in [0.2, 0.25) is 0 Å². The van der Waals surface area contributed by atoms with Crippen molar-refractivity contribution in [3.8, 4) is 0 Å². The molecule has 1 unspecified atom stereocenters. The Balaban J connectivity index is 1.93. The fraction of sp³-hybridized carbons (Fsp3) is 0.565. The molecular formula is C23H34N4O6. The van der Waals surface area contributed by atoms with Crippen LogP contribution >= 0.6 is 0 Å². The third-order valence-electron chi connectivity index (χ3n) is 4.97. The Hall–Kier alpha value is -3.14. The zero-order valence-electron chi connectivity index (χ0n) is 19.5. The molecule has 0 saturated carbocycles. The summed E-state index contributed by atoms with van der Waals surface area (Å²) in [6.45, 7) is 5.71. The number of methoxy groups -OCH3 is 1. The Bertz CT molecular complexity index is 829. The molecule has 10 nitrogen and oxygen atoms in total. The predicted octanol–water partition coefficient (Wildman–Crippen LogP) is 0.781. The second-order valence-corrected chi connectivity index (χ2v) is 8.21. The van der Waals surface area contributed by atoms with Gasteiger partial charge in [-0.2, -0.15) is 0 Å². The topological polar surface area (TPSA) is 126 Å². The van der Waals surface area contributed by atoms with E-state index in [1.54, 1.807) is 31.4 Å². The Morgan fingerprint density at radius 2 is 2.06 bits per heavy atom. The number of nitrogens with zero attached hydrogens (tertiary/aromatic N) is 1. The molecule has 0 bridgehead atoms. The molecule has 3 amide bonds. The van der Waals surface area contributed by atoms with E-state index in [1.165, 1.54) is 4.90 Å². The van der Waals surface area contributed by atoms with Gasteiger partial charge in [0, 0.05) is 44.6 Å². The third-order valence-corrected chi connectivity index (χ3v) is 4.97. The van der Waals surface area contributed by atoms with Crippen LogP contribution in [-0.2, 0) is 23.9 Å². The fourth-order valence-electron chi connectivity index (χ4n) is 3.26. The molecule has 10 heteroatoms. The highest BCUT2D eigenvalue weighted by Gasteiger charge is 2.35. The lowest BCUT2D eigenvalue weighted by Crippen LogP contribution is -2.58. The van der Waals surface area contributed by atoms with Crippen LogP contribution in [0.1, 0.15) is 37.0 Å². The van der Waals surface area contributed by atoms with Crippen molar-refractivity contribution in [2.24, 2.45) is 5.92 Å². The summed E-state index contributed by atoms with van der Waals surface area (Å²) < 4.78 is 10.1. The van der Waals surface area contributed by atoms with Crippen LogP contribution in [0, 0.1) is 5.92 Å². The van der Waals surface area contributed by atoms with Gasteiger partial charge in [0.05, 0.1) is 19.6 Å². The molecule has 0 aliphatic carbocycles. The molecule has 1 aliphatic heterocycles. The molecule has 0 aromatic heterocycles. The van der Waals surface area contributed by atoms with Crippen molar-refractivity contribution in [2.45, 2.75) is 32.7 Å². The number of carbonyl (C=O) groups is 4. The van der Waals surface area contributed by atoms with Gasteiger partial charge in [-0.05, 0) is 30.5 Å². The second-order valence-electron chi connectivity index (χ2n) is 8.21. The molecule has 1 fully saturated rings. The molecule has 182 valence electrons. The van der Waals surface area contributed by atoms with Crippen LogP contribution in [0.4, 0.5) is 5.69 Å². The van der Waals surface area contributed by atoms with E-state index < -0.39 is 12.0 Å². The maximum absolute atomic E-state index is 12.8. The largest absolute Gasteiger partial charge is 0.465 e. The van der Waals surface area contributed by atoms with Gasteiger partial charge < -0.3 is 30.3 Å². The Morgan fingerprint density at radius 1 is 1.27 bits per heavy atom. The van der Waals surface area contributed by atoms with Gasteiger partial charge in [0.25, 0.3) is 5.91 Å². The first kappa shape index (κ1) is 26.1. The van der Waals surface area contributed by atoms with E-state index in [9.17, 15) is 19.2 Å². The third kappa shape index (κ3) is 8.72. The van der Waals surface area contributed by atoms with Gasteiger partial charge in [-0.25, -0.2) is 0 Å². The summed E-state index contributed by atoms with van der Waals surface area (Å²) in [4.78, 5) is 51.0. The van der Waals surface area contributed by atoms with E-state index >= 15 is 0 Å². The van der Waals surface area contributed by atoms with E-state index in [2.05, 4.69) is 16.0 Å². The first-order chi connectivity index (χ1) is 15.8. The minimum absolute atomic E-state index is 0.0796. The summed E-state index contributed by atoms with van der Waals surface area (Å²) in [6.07, 6.45) is 0.521. The fourth-order valence-corrected chi connectivity index (χ4v) is 3.26. The minimum Gasteiger partial charge on any atom is -0.465 e. The molecule has 0 radical (unpaired) electrons. The van der Waals surface area contributed by atoms with Gasteiger partial charge >= 0.3 is 5.97 Å². The van der Waals surface area contributed by atoms with Crippen LogP contribution in [-0.4, -0.2) is 81.1 Å². The van der Waals surface area contributed by atoms with E-state index in [0.717, 1.165) is 0 Å². The van der Waals surface area contributed by atoms with Crippen LogP contribution in [0.25, 0.3) is 0 Å². The van der Waals surface area contributed by atoms with Gasteiger partial charge in [0.2, 0.25) is 11.8 Å². The molecule has 1 aliphatic rings. The SMILES string of the molecule is COCCCNC(=O)c1cccc(NCC(=O)N2CCNC(=O)C2CC(=O)OCC(C)C)c1. The number of hydrogen-bond donors (Lipinski definition) is 3. The Labute approximate surface area is 194 Å². The molecule has 33 heavy (non-hydrogen) atoms. The number of anilines is 1. The van der Waals surface area contributed by atoms with Crippen LogP contribution < -0.4 is 16.0 Å². The number of esters is 1. The summed E-state index contributed by atoms with van der Waals surface area (Å²) in [5.74, 6) is -1.24. The summed E-state index contributed by atoms with van der Waals surface area (Å²) in [7, 11) is 1.61. The Kier molecular flexibility index (Phi) is 10.6. The van der Waals surface area contributed by atoms with Crippen molar-refractivity contribution in [3.05, 3.63) is 29.8 Å². The van der Waals surface area contributed by atoms with Crippen molar-refractivity contribution in [1.82, 2.24) is 15.5 Å². The number of amides is 3. The lowest BCUT2D eigenvalue weighted by molar-refractivity contribution is -0.152. The van der Waals surface area contributed by atoms with E-state index in [0.29, 0.717) is 43.9 Å². The highest BCUT2D eigenvalue weighted by atomic mass is 16.5. The molecule has 3 N–H and O–H groups in total. The monoisotopic (exact) mass is 462 g/mol. The average molecular weight is 463 g/mol. The molecule has 1 aromatic carbocycles. The van der Waals surface area contributed by atoms with Gasteiger partial charge in [-0.3, -0.25) is 19.2 Å². The van der Waals surface area contributed by atoms with Crippen molar-refractivity contribution < 1.29 is 28.7 Å². The Morgan fingerprint density at radius 3 is 2.79 bits per heavy atom. The standard InChI is InChI=1S/C23H34N4O6/c1-16(2)15-33-21(29)13-19-23(31)25-9-10-27(19)20(28)14-26-18-7-4-6-17(12-18)22(30)24-8-5-11-32-3/h4,6-7,12,16,19,26H,5,8-11,13-15H2,1-3H3,(H,24,30)(H,25,31). The van der Waals surface area contributed by atoms with Crippen LogP contribution in [0.15, 0.2) is 24.3 Å². The molecule has 1 aromatic rings. The number of carbonyl (C=O) groups excluding carboxylic acids is 4. The average Bonchev–Trinajstić information content (AvgIpc) is 2.80. The molecule has 2 rings (SSSR count). The number of nitrogens with one attached hydrogen (secondary N) is 3. The van der Waals surface area contributed by atoms with Gasteiger partial charge in [0.1, 0.15) is 6.04 Å². The lowest BCUT2D eigenvalue weighted by atomic mass is 10.1.